The van der Waals surface area contributed by atoms with E-state index in [4.69, 9.17) is 16.0 Å². The molecule has 1 amide bonds. The third-order valence-electron chi connectivity index (χ3n) is 2.97. The van der Waals surface area contributed by atoms with Crippen LogP contribution in [0.4, 0.5) is 14.5 Å². The number of nitrogens with one attached hydrogen (secondary N) is 1. The fourth-order valence-electron chi connectivity index (χ4n) is 1.93. The third kappa shape index (κ3) is 4.77. The number of thioether (sulfide) groups is 1. The summed E-state index contributed by atoms with van der Waals surface area (Å²) >= 11 is 6.82. The fraction of sp³-hybridized carbons (Fsp3) is 0.0625. The number of aromatic nitrogens is 2. The zero-order chi connectivity index (χ0) is 17.8. The second-order valence-electron chi connectivity index (χ2n) is 4.87. The minimum Gasteiger partial charge on any atom is -0.411 e. The Kier molecular flexibility index (Phi) is 5.30. The molecule has 1 aromatic heterocycles. The lowest BCUT2D eigenvalue weighted by Crippen LogP contribution is -2.14. The fourth-order valence-corrected chi connectivity index (χ4v) is 2.62. The first-order valence-electron chi connectivity index (χ1n) is 6.98. The Hall–Kier alpha value is -2.45. The molecule has 5 nitrogen and oxygen atoms in total. The molecule has 1 N–H and O–H groups in total. The molecule has 0 atom stereocenters. The van der Waals surface area contributed by atoms with Crippen LogP contribution in [0.5, 0.6) is 0 Å². The van der Waals surface area contributed by atoms with Crippen LogP contribution < -0.4 is 5.32 Å². The van der Waals surface area contributed by atoms with Gasteiger partial charge < -0.3 is 9.73 Å². The van der Waals surface area contributed by atoms with Crippen molar-refractivity contribution in [2.75, 3.05) is 11.1 Å². The molecule has 0 fully saturated rings. The van der Waals surface area contributed by atoms with Crippen LogP contribution in [-0.4, -0.2) is 21.9 Å². The molecule has 0 radical (unpaired) electrons. The number of hydrogen-bond donors (Lipinski definition) is 1. The molecule has 1 heterocycles. The van der Waals surface area contributed by atoms with Gasteiger partial charge in [0.05, 0.1) is 5.75 Å². The van der Waals surface area contributed by atoms with Gasteiger partial charge >= 0.3 is 0 Å². The average molecular weight is 382 g/mol. The van der Waals surface area contributed by atoms with Gasteiger partial charge in [-0.25, -0.2) is 8.78 Å². The number of amides is 1. The molecule has 3 rings (SSSR count). The van der Waals surface area contributed by atoms with Gasteiger partial charge in [-0.15, -0.1) is 10.2 Å². The van der Waals surface area contributed by atoms with E-state index in [1.807, 2.05) is 0 Å². The number of halogens is 3. The molecule has 3 aromatic rings. The lowest BCUT2D eigenvalue weighted by molar-refractivity contribution is -0.113. The predicted molar refractivity (Wildman–Crippen MR) is 90.5 cm³/mol. The van der Waals surface area contributed by atoms with Crippen molar-refractivity contribution in [3.05, 3.63) is 59.1 Å². The van der Waals surface area contributed by atoms with Crippen molar-refractivity contribution in [1.82, 2.24) is 10.2 Å². The highest BCUT2D eigenvalue weighted by molar-refractivity contribution is 7.99. The zero-order valence-electron chi connectivity index (χ0n) is 12.5. The second-order valence-corrected chi connectivity index (χ2v) is 6.24. The van der Waals surface area contributed by atoms with Crippen LogP contribution in [0.1, 0.15) is 0 Å². The molecule has 0 saturated heterocycles. The van der Waals surface area contributed by atoms with E-state index >= 15 is 0 Å². The van der Waals surface area contributed by atoms with Crippen molar-refractivity contribution in [2.45, 2.75) is 5.22 Å². The molecular formula is C16H10ClF2N3O2S. The second kappa shape index (κ2) is 7.62. The number of anilines is 1. The topological polar surface area (TPSA) is 68.0 Å². The monoisotopic (exact) mass is 381 g/mol. The van der Waals surface area contributed by atoms with E-state index in [0.717, 1.165) is 30.0 Å². The van der Waals surface area contributed by atoms with E-state index in [2.05, 4.69) is 15.5 Å². The number of carbonyl (C=O) groups is 1. The van der Waals surface area contributed by atoms with Gasteiger partial charge in [-0.1, -0.05) is 23.4 Å². The summed E-state index contributed by atoms with van der Waals surface area (Å²) in [7, 11) is 0. The summed E-state index contributed by atoms with van der Waals surface area (Å²) in [5.41, 5.74) is 0.735. The summed E-state index contributed by atoms with van der Waals surface area (Å²) in [5.74, 6) is -1.76. The van der Waals surface area contributed by atoms with E-state index < -0.39 is 17.5 Å². The molecule has 128 valence electrons. The number of carbonyl (C=O) groups excluding carboxylic acids is 1. The van der Waals surface area contributed by atoms with Crippen molar-refractivity contribution in [3.63, 3.8) is 0 Å². The quantitative estimate of drug-likeness (QED) is 0.663. The van der Waals surface area contributed by atoms with Gasteiger partial charge in [0, 0.05) is 22.3 Å². The predicted octanol–water partition coefficient (Wildman–Crippen LogP) is 4.40. The molecule has 0 spiro atoms. The lowest BCUT2D eigenvalue weighted by atomic mass is 10.2. The van der Waals surface area contributed by atoms with Crippen LogP contribution in [0, 0.1) is 11.6 Å². The highest BCUT2D eigenvalue weighted by Crippen LogP contribution is 2.24. The first-order chi connectivity index (χ1) is 12.0. The highest BCUT2D eigenvalue weighted by Gasteiger charge is 2.12. The molecule has 0 bridgehead atoms. The minimum atomic E-state index is -0.771. The van der Waals surface area contributed by atoms with E-state index in [9.17, 15) is 13.6 Å². The van der Waals surface area contributed by atoms with Gasteiger partial charge in [0.15, 0.2) is 0 Å². The molecular weight excluding hydrogens is 372 g/mol. The molecule has 2 aromatic carbocycles. The Morgan fingerprint density at radius 3 is 2.48 bits per heavy atom. The minimum absolute atomic E-state index is 0.0375. The molecule has 0 aliphatic carbocycles. The van der Waals surface area contributed by atoms with Crippen LogP contribution in [0.25, 0.3) is 11.5 Å². The van der Waals surface area contributed by atoms with Crippen molar-refractivity contribution >= 4 is 35.0 Å². The SMILES string of the molecule is O=C(CSc1nnc(-c2ccc(Cl)cc2)o1)Nc1cc(F)cc(F)c1. The van der Waals surface area contributed by atoms with E-state index in [0.29, 0.717) is 16.5 Å². The maximum atomic E-state index is 13.1. The first kappa shape index (κ1) is 17.4. The summed E-state index contributed by atoms with van der Waals surface area (Å²) < 4.78 is 31.6. The Morgan fingerprint density at radius 1 is 1.12 bits per heavy atom. The first-order valence-corrected chi connectivity index (χ1v) is 8.34. The van der Waals surface area contributed by atoms with Crippen LogP contribution in [0.2, 0.25) is 5.02 Å². The van der Waals surface area contributed by atoms with Gasteiger partial charge in [0.2, 0.25) is 11.8 Å². The maximum absolute atomic E-state index is 13.1. The van der Waals surface area contributed by atoms with E-state index in [-0.39, 0.29) is 16.7 Å². The summed E-state index contributed by atoms with van der Waals surface area (Å²) in [6, 6.07) is 9.62. The summed E-state index contributed by atoms with van der Waals surface area (Å²) in [6.07, 6.45) is 0. The molecule has 9 heteroatoms. The van der Waals surface area contributed by atoms with Gasteiger partial charge in [-0.2, -0.15) is 0 Å². The van der Waals surface area contributed by atoms with Gasteiger partial charge in [0.25, 0.3) is 5.22 Å². The Balaban J connectivity index is 1.58. The highest BCUT2D eigenvalue weighted by atomic mass is 35.5. The van der Waals surface area contributed by atoms with Crippen molar-refractivity contribution in [2.24, 2.45) is 0 Å². The summed E-state index contributed by atoms with van der Waals surface area (Å²) in [6.45, 7) is 0. The number of benzene rings is 2. The van der Waals surface area contributed by atoms with Crippen molar-refractivity contribution in [3.8, 4) is 11.5 Å². The Labute approximate surface area is 150 Å². The summed E-state index contributed by atoms with van der Waals surface area (Å²) in [4.78, 5) is 11.8. The maximum Gasteiger partial charge on any atom is 0.277 e. The van der Waals surface area contributed by atoms with Crippen LogP contribution in [-0.2, 0) is 4.79 Å². The third-order valence-corrected chi connectivity index (χ3v) is 4.04. The van der Waals surface area contributed by atoms with Crippen LogP contribution in [0.3, 0.4) is 0 Å². The largest absolute Gasteiger partial charge is 0.411 e. The van der Waals surface area contributed by atoms with E-state index in [1.165, 1.54) is 0 Å². The Morgan fingerprint density at radius 2 is 1.80 bits per heavy atom. The van der Waals surface area contributed by atoms with Gasteiger partial charge in [0.1, 0.15) is 11.6 Å². The lowest BCUT2D eigenvalue weighted by Gasteiger charge is -2.04. The van der Waals surface area contributed by atoms with Crippen molar-refractivity contribution < 1.29 is 18.0 Å². The molecule has 0 aliphatic rings. The average Bonchev–Trinajstić information content (AvgIpc) is 3.01. The number of rotatable bonds is 5. The molecule has 25 heavy (non-hydrogen) atoms. The standard InChI is InChI=1S/C16H10ClF2N3O2S/c17-10-3-1-9(2-4-10)15-21-22-16(24-15)25-8-14(23)20-13-6-11(18)5-12(19)7-13/h1-7H,8H2,(H,20,23). The number of hydrogen-bond acceptors (Lipinski definition) is 5. The summed E-state index contributed by atoms with van der Waals surface area (Å²) in [5, 5.41) is 10.9. The van der Waals surface area contributed by atoms with Crippen LogP contribution >= 0.6 is 23.4 Å². The molecule has 0 aliphatic heterocycles. The molecule has 0 unspecified atom stereocenters. The smallest absolute Gasteiger partial charge is 0.277 e. The zero-order valence-corrected chi connectivity index (χ0v) is 14.1. The number of nitrogens with zero attached hydrogens (tertiary/aromatic N) is 2. The van der Waals surface area contributed by atoms with E-state index in [1.54, 1.807) is 24.3 Å². The van der Waals surface area contributed by atoms with Gasteiger partial charge in [-0.3, -0.25) is 4.79 Å². The van der Waals surface area contributed by atoms with Crippen LogP contribution in [0.15, 0.2) is 52.1 Å². The Bertz CT molecular complexity index is 882. The molecule has 0 saturated carbocycles. The van der Waals surface area contributed by atoms with Crippen molar-refractivity contribution in [1.29, 1.82) is 0 Å². The normalized spacial score (nSPS) is 10.7. The van der Waals surface area contributed by atoms with Gasteiger partial charge in [-0.05, 0) is 36.4 Å².